The SMILES string of the molecule is Cc1nc(N2C[C@@H](C)O[C@@H](c3nc(C4CC4)no3)C2)ccc1C#N. The number of hydrogen-bond acceptors (Lipinski definition) is 7. The lowest BCUT2D eigenvalue weighted by molar-refractivity contribution is -0.0333. The van der Waals surface area contributed by atoms with Crippen molar-refractivity contribution in [1.82, 2.24) is 15.1 Å². The van der Waals surface area contributed by atoms with Gasteiger partial charge in [0.05, 0.1) is 23.9 Å². The molecule has 2 fully saturated rings. The third-order valence-electron chi connectivity index (χ3n) is 4.45. The molecule has 7 nitrogen and oxygen atoms in total. The topological polar surface area (TPSA) is 88.1 Å². The van der Waals surface area contributed by atoms with Gasteiger partial charge in [0.2, 0.25) is 0 Å². The lowest BCUT2D eigenvalue weighted by Crippen LogP contribution is -2.43. The summed E-state index contributed by atoms with van der Waals surface area (Å²) in [6, 6.07) is 5.84. The molecule has 1 saturated carbocycles. The van der Waals surface area contributed by atoms with Gasteiger partial charge in [-0.05, 0) is 38.8 Å². The van der Waals surface area contributed by atoms with Crippen molar-refractivity contribution in [2.24, 2.45) is 0 Å². The van der Waals surface area contributed by atoms with Crippen molar-refractivity contribution in [2.45, 2.75) is 44.8 Å². The molecule has 0 bridgehead atoms. The van der Waals surface area contributed by atoms with E-state index >= 15 is 0 Å². The minimum absolute atomic E-state index is 0.0257. The van der Waals surface area contributed by atoms with Gasteiger partial charge in [0.25, 0.3) is 5.89 Å². The van der Waals surface area contributed by atoms with Gasteiger partial charge >= 0.3 is 0 Å². The lowest BCUT2D eigenvalue weighted by atomic mass is 10.2. The van der Waals surface area contributed by atoms with Crippen LogP contribution >= 0.6 is 0 Å². The molecule has 2 aromatic heterocycles. The molecule has 0 aromatic carbocycles. The van der Waals surface area contributed by atoms with Gasteiger partial charge in [-0.1, -0.05) is 5.16 Å². The van der Waals surface area contributed by atoms with Crippen LogP contribution in [0, 0.1) is 18.3 Å². The number of aryl methyl sites for hydroxylation is 1. The van der Waals surface area contributed by atoms with Crippen LogP contribution < -0.4 is 4.90 Å². The first-order chi connectivity index (χ1) is 11.6. The molecule has 4 rings (SSSR count). The lowest BCUT2D eigenvalue weighted by Gasteiger charge is -2.36. The van der Waals surface area contributed by atoms with Gasteiger partial charge in [0, 0.05) is 12.5 Å². The van der Waals surface area contributed by atoms with Crippen LogP contribution in [0.3, 0.4) is 0 Å². The van der Waals surface area contributed by atoms with Gasteiger partial charge in [-0.3, -0.25) is 0 Å². The van der Waals surface area contributed by atoms with E-state index in [4.69, 9.17) is 14.5 Å². The Morgan fingerprint density at radius 3 is 2.79 bits per heavy atom. The molecule has 0 amide bonds. The van der Waals surface area contributed by atoms with Crippen LogP contribution in [0.1, 0.15) is 54.8 Å². The smallest absolute Gasteiger partial charge is 0.257 e. The number of anilines is 1. The maximum atomic E-state index is 9.05. The van der Waals surface area contributed by atoms with Gasteiger partial charge < -0.3 is 14.2 Å². The van der Waals surface area contributed by atoms with E-state index in [0.717, 1.165) is 36.7 Å². The summed E-state index contributed by atoms with van der Waals surface area (Å²) >= 11 is 0. The maximum Gasteiger partial charge on any atom is 0.257 e. The van der Waals surface area contributed by atoms with Crippen LogP contribution in [0.15, 0.2) is 16.7 Å². The van der Waals surface area contributed by atoms with Crippen LogP contribution in [0.5, 0.6) is 0 Å². The molecule has 2 aliphatic rings. The van der Waals surface area contributed by atoms with Crippen molar-refractivity contribution < 1.29 is 9.26 Å². The predicted molar refractivity (Wildman–Crippen MR) is 85.5 cm³/mol. The van der Waals surface area contributed by atoms with Gasteiger partial charge in [0.15, 0.2) is 11.9 Å². The summed E-state index contributed by atoms with van der Waals surface area (Å²) in [5.41, 5.74) is 1.34. The predicted octanol–water partition coefficient (Wildman–Crippen LogP) is 2.49. The highest BCUT2D eigenvalue weighted by molar-refractivity contribution is 5.45. The minimum atomic E-state index is -0.258. The van der Waals surface area contributed by atoms with Gasteiger partial charge in [0.1, 0.15) is 11.9 Å². The number of hydrogen-bond donors (Lipinski definition) is 0. The Balaban J connectivity index is 1.55. The van der Waals surface area contributed by atoms with Crippen LogP contribution in [0.25, 0.3) is 0 Å². The Morgan fingerprint density at radius 1 is 1.25 bits per heavy atom. The van der Waals surface area contributed by atoms with Crippen molar-refractivity contribution in [3.8, 4) is 6.07 Å². The highest BCUT2D eigenvalue weighted by Crippen LogP contribution is 2.39. The zero-order valence-corrected chi connectivity index (χ0v) is 13.8. The second-order valence-corrected chi connectivity index (χ2v) is 6.52. The largest absolute Gasteiger partial charge is 0.362 e. The molecule has 0 spiro atoms. The highest BCUT2D eigenvalue weighted by Gasteiger charge is 2.34. The Morgan fingerprint density at radius 2 is 2.08 bits per heavy atom. The molecule has 0 N–H and O–H groups in total. The third-order valence-corrected chi connectivity index (χ3v) is 4.45. The second-order valence-electron chi connectivity index (χ2n) is 6.52. The van der Waals surface area contributed by atoms with Crippen molar-refractivity contribution in [3.63, 3.8) is 0 Å². The number of nitrogens with zero attached hydrogens (tertiary/aromatic N) is 5. The first-order valence-corrected chi connectivity index (χ1v) is 8.25. The molecule has 124 valence electrons. The highest BCUT2D eigenvalue weighted by atomic mass is 16.5. The summed E-state index contributed by atoms with van der Waals surface area (Å²) in [6.07, 6.45) is 2.05. The average molecular weight is 325 g/mol. The first-order valence-electron chi connectivity index (χ1n) is 8.25. The summed E-state index contributed by atoms with van der Waals surface area (Å²) in [4.78, 5) is 11.2. The molecule has 0 unspecified atom stereocenters. The number of morpholine rings is 1. The van der Waals surface area contributed by atoms with E-state index in [2.05, 4.69) is 26.1 Å². The Kier molecular flexibility index (Phi) is 3.69. The van der Waals surface area contributed by atoms with Gasteiger partial charge in [-0.2, -0.15) is 10.2 Å². The number of rotatable bonds is 3. The molecule has 1 saturated heterocycles. The summed E-state index contributed by atoms with van der Waals surface area (Å²) in [5, 5.41) is 13.1. The van der Waals surface area contributed by atoms with Crippen molar-refractivity contribution >= 4 is 5.82 Å². The molecule has 2 atom stereocenters. The summed E-state index contributed by atoms with van der Waals surface area (Å²) in [6.45, 7) is 5.21. The van der Waals surface area contributed by atoms with E-state index in [0.29, 0.717) is 23.9 Å². The Bertz CT molecular complexity index is 793. The number of ether oxygens (including phenoxy) is 1. The van der Waals surface area contributed by atoms with Crippen LogP contribution in [-0.2, 0) is 4.74 Å². The fourth-order valence-electron chi connectivity index (χ4n) is 3.00. The van der Waals surface area contributed by atoms with Crippen molar-refractivity contribution in [3.05, 3.63) is 35.1 Å². The molecule has 2 aromatic rings. The summed E-state index contributed by atoms with van der Waals surface area (Å²) in [5.74, 6) is 2.64. The second kappa shape index (κ2) is 5.87. The summed E-state index contributed by atoms with van der Waals surface area (Å²) in [7, 11) is 0. The molecule has 1 aliphatic carbocycles. The van der Waals surface area contributed by atoms with E-state index in [9.17, 15) is 0 Å². The minimum Gasteiger partial charge on any atom is -0.362 e. The number of nitriles is 1. The number of aromatic nitrogens is 3. The van der Waals surface area contributed by atoms with Crippen LogP contribution in [-0.4, -0.2) is 34.3 Å². The van der Waals surface area contributed by atoms with E-state index < -0.39 is 0 Å². The number of pyridine rings is 1. The monoisotopic (exact) mass is 325 g/mol. The standard InChI is InChI=1S/C17H19N5O2/c1-10-8-22(15-6-5-13(7-18)11(2)19-15)9-14(23-10)17-20-16(21-24-17)12-3-4-12/h5-6,10,12,14H,3-4,8-9H2,1-2H3/t10-,14-/m1/s1. The molecule has 0 radical (unpaired) electrons. The maximum absolute atomic E-state index is 9.05. The normalized spacial score (nSPS) is 24.0. The van der Waals surface area contributed by atoms with Gasteiger partial charge in [-0.25, -0.2) is 4.98 Å². The molecule has 3 heterocycles. The van der Waals surface area contributed by atoms with Gasteiger partial charge in [-0.15, -0.1) is 0 Å². The quantitative estimate of drug-likeness (QED) is 0.856. The van der Waals surface area contributed by atoms with Crippen LogP contribution in [0.2, 0.25) is 0 Å². The summed E-state index contributed by atoms with van der Waals surface area (Å²) < 4.78 is 11.4. The van der Waals surface area contributed by atoms with E-state index in [-0.39, 0.29) is 12.2 Å². The van der Waals surface area contributed by atoms with E-state index in [1.807, 2.05) is 26.0 Å². The fourth-order valence-corrected chi connectivity index (χ4v) is 3.00. The average Bonchev–Trinajstić information content (AvgIpc) is 3.31. The molecule has 7 heteroatoms. The third kappa shape index (κ3) is 2.85. The molecular weight excluding hydrogens is 306 g/mol. The Hall–Kier alpha value is -2.46. The zero-order valence-electron chi connectivity index (χ0n) is 13.8. The zero-order chi connectivity index (χ0) is 16.7. The fraction of sp³-hybridized carbons (Fsp3) is 0.529. The van der Waals surface area contributed by atoms with E-state index in [1.165, 1.54) is 0 Å². The van der Waals surface area contributed by atoms with E-state index in [1.54, 1.807) is 0 Å². The molecule has 24 heavy (non-hydrogen) atoms. The van der Waals surface area contributed by atoms with Crippen molar-refractivity contribution in [2.75, 3.05) is 18.0 Å². The molecular formula is C17H19N5O2. The molecule has 1 aliphatic heterocycles. The van der Waals surface area contributed by atoms with Crippen molar-refractivity contribution in [1.29, 1.82) is 5.26 Å². The Labute approximate surface area is 140 Å². The van der Waals surface area contributed by atoms with Crippen LogP contribution in [0.4, 0.5) is 5.82 Å². The first kappa shape index (κ1) is 15.1.